The number of hydrogen-bond acceptors (Lipinski definition) is 3. The molecule has 2 aromatic carbocycles. The molecule has 2 bridgehead atoms. The summed E-state index contributed by atoms with van der Waals surface area (Å²) in [6.45, 7) is 3.79. The molecule has 3 saturated carbocycles. The maximum absolute atomic E-state index is 13.4. The van der Waals surface area contributed by atoms with Crippen LogP contribution in [-0.2, 0) is 9.59 Å². The summed E-state index contributed by atoms with van der Waals surface area (Å²) in [7, 11) is 0. The fraction of sp³-hybridized carbons (Fsp3) is 0.391. The van der Waals surface area contributed by atoms with Crippen molar-refractivity contribution in [3.05, 3.63) is 64.4 Å². The third-order valence-corrected chi connectivity index (χ3v) is 6.37. The Morgan fingerprint density at radius 3 is 2.60 bits per heavy atom. The smallest absolute Gasteiger partial charge is 0.258 e. The van der Waals surface area contributed by atoms with E-state index in [0.717, 1.165) is 17.2 Å². The molecule has 2 N–H and O–H groups in total. The van der Waals surface area contributed by atoms with Crippen molar-refractivity contribution in [2.24, 2.45) is 5.41 Å². The molecule has 0 aliphatic heterocycles. The minimum atomic E-state index is -0.596. The number of hydrogen-bond donors (Lipinski definition) is 2. The molecule has 5 rings (SSSR count). The van der Waals surface area contributed by atoms with Crippen molar-refractivity contribution in [1.29, 1.82) is 0 Å². The summed E-state index contributed by atoms with van der Waals surface area (Å²) >= 11 is 5.63. The number of amides is 2. The van der Waals surface area contributed by atoms with Gasteiger partial charge in [-0.3, -0.25) is 9.59 Å². The predicted molar refractivity (Wildman–Crippen MR) is 112 cm³/mol. The van der Waals surface area contributed by atoms with Gasteiger partial charge in [0.15, 0.2) is 6.61 Å². The maximum atomic E-state index is 13.4. The van der Waals surface area contributed by atoms with Gasteiger partial charge in [0, 0.05) is 11.6 Å². The number of nitrogens with one attached hydrogen (secondary N) is 2. The van der Waals surface area contributed by atoms with Gasteiger partial charge in [-0.1, -0.05) is 41.4 Å². The number of halogens is 2. The molecule has 5 nitrogen and oxygen atoms in total. The zero-order valence-corrected chi connectivity index (χ0v) is 17.7. The molecule has 7 heteroatoms. The van der Waals surface area contributed by atoms with E-state index in [4.69, 9.17) is 16.3 Å². The van der Waals surface area contributed by atoms with Crippen molar-refractivity contribution in [3.63, 3.8) is 0 Å². The number of carbonyl (C=O) groups is 2. The predicted octanol–water partition coefficient (Wildman–Crippen LogP) is 4.08. The Hall–Kier alpha value is -2.60. The monoisotopic (exact) mass is 430 g/mol. The molecule has 0 spiro atoms. The van der Waals surface area contributed by atoms with Gasteiger partial charge in [-0.2, -0.15) is 0 Å². The quantitative estimate of drug-likeness (QED) is 0.695. The summed E-state index contributed by atoms with van der Waals surface area (Å²) in [5, 5.41) is 6.07. The van der Waals surface area contributed by atoms with E-state index in [1.807, 2.05) is 32.0 Å². The van der Waals surface area contributed by atoms with Crippen LogP contribution in [0.3, 0.4) is 0 Å². The third-order valence-electron chi connectivity index (χ3n) is 6.07. The minimum absolute atomic E-state index is 0.000889. The van der Waals surface area contributed by atoms with Gasteiger partial charge in [0.2, 0.25) is 5.91 Å². The van der Waals surface area contributed by atoms with E-state index in [1.54, 1.807) is 0 Å². The lowest BCUT2D eigenvalue weighted by molar-refractivity contribution is -0.184. The molecule has 0 unspecified atom stereocenters. The summed E-state index contributed by atoms with van der Waals surface area (Å²) in [5.41, 5.74) is 1.53. The van der Waals surface area contributed by atoms with E-state index in [2.05, 4.69) is 16.7 Å². The highest BCUT2D eigenvalue weighted by atomic mass is 35.5. The zero-order valence-electron chi connectivity index (χ0n) is 16.9. The van der Waals surface area contributed by atoms with Crippen molar-refractivity contribution >= 4 is 23.4 Å². The molecule has 3 aliphatic carbocycles. The molecule has 3 aliphatic rings. The summed E-state index contributed by atoms with van der Waals surface area (Å²) in [4.78, 5) is 25.0. The van der Waals surface area contributed by atoms with Crippen molar-refractivity contribution in [1.82, 2.24) is 10.6 Å². The number of rotatable bonds is 7. The number of ether oxygens (including phenoxy) is 1. The van der Waals surface area contributed by atoms with Crippen LogP contribution in [0.4, 0.5) is 4.39 Å². The average Bonchev–Trinajstić information content (AvgIpc) is 2.64. The molecule has 0 aromatic heterocycles. The van der Waals surface area contributed by atoms with Gasteiger partial charge in [0.25, 0.3) is 5.91 Å². The van der Waals surface area contributed by atoms with E-state index in [0.29, 0.717) is 19.3 Å². The number of carbonyl (C=O) groups excluding carboxylic acids is 2. The largest absolute Gasteiger partial charge is 0.484 e. The van der Waals surface area contributed by atoms with Gasteiger partial charge in [-0.05, 0) is 50.8 Å². The first-order chi connectivity index (χ1) is 14.2. The Labute approximate surface area is 179 Å². The summed E-state index contributed by atoms with van der Waals surface area (Å²) in [6, 6.07) is 12.1. The average molecular weight is 431 g/mol. The fourth-order valence-corrected chi connectivity index (χ4v) is 4.70. The van der Waals surface area contributed by atoms with Crippen LogP contribution in [0.5, 0.6) is 5.75 Å². The van der Waals surface area contributed by atoms with E-state index in [9.17, 15) is 14.0 Å². The van der Waals surface area contributed by atoms with Gasteiger partial charge >= 0.3 is 0 Å². The minimum Gasteiger partial charge on any atom is -0.484 e. The highest BCUT2D eigenvalue weighted by molar-refractivity contribution is 6.30. The summed E-state index contributed by atoms with van der Waals surface area (Å²) in [6.07, 6.45) is 1.90. The molecular formula is C23H24ClFN2O3. The first-order valence-electron chi connectivity index (χ1n) is 9.97. The SMILES string of the molecule is Cc1cccc([C@H](C)NC(=O)C23CC(NC(=O)COc4ccc(Cl)c(F)c4)(C2)C3)c1. The Morgan fingerprint density at radius 1 is 1.20 bits per heavy atom. The molecular weight excluding hydrogens is 407 g/mol. The summed E-state index contributed by atoms with van der Waals surface area (Å²) in [5.74, 6) is -0.597. The van der Waals surface area contributed by atoms with Crippen LogP contribution in [-0.4, -0.2) is 24.0 Å². The molecule has 158 valence electrons. The second-order valence-corrected chi connectivity index (χ2v) is 9.02. The lowest BCUT2D eigenvalue weighted by Crippen LogP contribution is -2.78. The molecule has 2 aromatic rings. The third kappa shape index (κ3) is 3.88. The van der Waals surface area contributed by atoms with Crippen LogP contribution in [0.1, 0.15) is 43.4 Å². The number of aryl methyl sites for hydroxylation is 1. The van der Waals surface area contributed by atoms with Crippen molar-refractivity contribution < 1.29 is 18.7 Å². The molecule has 0 heterocycles. The van der Waals surface area contributed by atoms with Crippen LogP contribution < -0.4 is 15.4 Å². The van der Waals surface area contributed by atoms with Gasteiger partial charge in [0.05, 0.1) is 16.5 Å². The van der Waals surface area contributed by atoms with Crippen molar-refractivity contribution in [2.45, 2.75) is 44.7 Å². The molecule has 0 radical (unpaired) electrons. The van der Waals surface area contributed by atoms with Crippen LogP contribution in [0.25, 0.3) is 0 Å². The van der Waals surface area contributed by atoms with Crippen LogP contribution >= 0.6 is 11.6 Å². The number of benzene rings is 2. The highest BCUT2D eigenvalue weighted by Crippen LogP contribution is 2.67. The van der Waals surface area contributed by atoms with E-state index in [1.165, 1.54) is 12.1 Å². The van der Waals surface area contributed by atoms with Crippen LogP contribution in [0.2, 0.25) is 5.02 Å². The highest BCUT2D eigenvalue weighted by Gasteiger charge is 2.72. The normalized spacial score (nSPS) is 24.8. The Balaban J connectivity index is 1.24. The second-order valence-electron chi connectivity index (χ2n) is 8.61. The second kappa shape index (κ2) is 7.58. The Morgan fingerprint density at radius 2 is 1.93 bits per heavy atom. The van der Waals surface area contributed by atoms with Gasteiger partial charge < -0.3 is 15.4 Å². The molecule has 2 amide bonds. The van der Waals surface area contributed by atoms with E-state index < -0.39 is 5.82 Å². The van der Waals surface area contributed by atoms with Crippen LogP contribution in [0, 0.1) is 18.2 Å². The topological polar surface area (TPSA) is 67.4 Å². The fourth-order valence-electron chi connectivity index (χ4n) is 4.58. The summed E-state index contributed by atoms with van der Waals surface area (Å²) < 4.78 is 18.8. The Bertz CT molecular complexity index is 990. The van der Waals surface area contributed by atoms with Gasteiger partial charge in [-0.25, -0.2) is 4.39 Å². The lowest BCUT2D eigenvalue weighted by Gasteiger charge is -2.69. The van der Waals surface area contributed by atoms with E-state index in [-0.39, 0.29) is 46.2 Å². The maximum Gasteiger partial charge on any atom is 0.258 e. The first kappa shape index (κ1) is 20.7. The Kier molecular flexibility index (Phi) is 5.22. The van der Waals surface area contributed by atoms with Gasteiger partial charge in [0.1, 0.15) is 11.6 Å². The van der Waals surface area contributed by atoms with Gasteiger partial charge in [-0.15, -0.1) is 0 Å². The van der Waals surface area contributed by atoms with E-state index >= 15 is 0 Å². The molecule has 1 atom stereocenters. The molecule has 3 fully saturated rings. The van der Waals surface area contributed by atoms with Crippen molar-refractivity contribution in [2.75, 3.05) is 6.61 Å². The lowest BCUT2D eigenvalue weighted by atomic mass is 9.39. The van der Waals surface area contributed by atoms with Crippen LogP contribution in [0.15, 0.2) is 42.5 Å². The zero-order chi connectivity index (χ0) is 21.5. The standard InChI is InChI=1S/C23H24ClFN2O3/c1-14-4-3-5-16(8-14)15(2)26-21(29)22-11-23(12-22,13-22)27-20(28)10-30-17-6-7-18(24)19(25)9-17/h3-9,15H,10-13H2,1-2H3,(H,26,29)(H,27,28)/t15-,22?,23?/m0/s1. The molecule has 0 saturated heterocycles. The van der Waals surface area contributed by atoms with Crippen molar-refractivity contribution in [3.8, 4) is 5.75 Å². The molecule has 30 heavy (non-hydrogen) atoms. The first-order valence-corrected chi connectivity index (χ1v) is 10.3.